The quantitative estimate of drug-likeness (QED) is 0.559. The van der Waals surface area contributed by atoms with E-state index in [-0.39, 0.29) is 0 Å². The summed E-state index contributed by atoms with van der Waals surface area (Å²) >= 11 is 0. The molecule has 0 bridgehead atoms. The number of imidazole rings is 1. The third kappa shape index (κ3) is 3.07. The van der Waals surface area contributed by atoms with Gasteiger partial charge in [-0.3, -0.25) is 5.10 Å². The molecule has 0 fully saturated rings. The van der Waals surface area contributed by atoms with Crippen LogP contribution in [-0.2, 0) is 13.0 Å². The van der Waals surface area contributed by atoms with E-state index in [2.05, 4.69) is 76.1 Å². The molecule has 0 aliphatic carbocycles. The van der Waals surface area contributed by atoms with E-state index in [1.165, 1.54) is 23.0 Å². The van der Waals surface area contributed by atoms with Crippen LogP contribution in [0.5, 0.6) is 0 Å². The third-order valence-electron chi connectivity index (χ3n) is 5.23. The van der Waals surface area contributed by atoms with Crippen molar-refractivity contribution >= 4 is 11.3 Å². The van der Waals surface area contributed by atoms with Crippen LogP contribution in [0.15, 0.2) is 36.8 Å². The second kappa shape index (κ2) is 6.87. The summed E-state index contributed by atoms with van der Waals surface area (Å²) in [4.78, 5) is 9.07. The van der Waals surface area contributed by atoms with Gasteiger partial charge in [0.2, 0.25) is 0 Å². The van der Waals surface area contributed by atoms with Crippen molar-refractivity contribution in [2.24, 2.45) is 0 Å². The van der Waals surface area contributed by atoms with Crippen LogP contribution in [-0.4, -0.2) is 24.6 Å². The van der Waals surface area contributed by atoms with E-state index >= 15 is 0 Å². The largest absolute Gasteiger partial charge is 0.378 e. The molecule has 3 aromatic heterocycles. The number of anilines is 1. The van der Waals surface area contributed by atoms with E-state index in [9.17, 15) is 0 Å². The summed E-state index contributed by atoms with van der Waals surface area (Å²) in [6, 6.07) is 8.59. The minimum atomic E-state index is 0.746. The van der Waals surface area contributed by atoms with Gasteiger partial charge in [0.1, 0.15) is 6.33 Å². The number of nitrogens with one attached hydrogen (secondary N) is 2. The predicted octanol–water partition coefficient (Wildman–Crippen LogP) is 4.22. The van der Waals surface area contributed by atoms with Gasteiger partial charge in [0.25, 0.3) is 0 Å². The average molecular weight is 360 g/mol. The van der Waals surface area contributed by atoms with Crippen molar-refractivity contribution < 1.29 is 0 Å². The standard InChI is InChI=1S/C21H24N6/c1-5-16-8-6-7-13(2)18(16)10-22-19-9-17(20-23-12-24-26-20)11-27-15(4)14(3)25-21(19)27/h6-9,11-12,22H,5,10H2,1-4H3,(H,23,24,26). The molecule has 0 radical (unpaired) electrons. The summed E-state index contributed by atoms with van der Waals surface area (Å²) in [5.74, 6) is 0.746. The van der Waals surface area contributed by atoms with Gasteiger partial charge in [-0.05, 0) is 49.9 Å². The van der Waals surface area contributed by atoms with Crippen LogP contribution in [0.25, 0.3) is 17.0 Å². The monoisotopic (exact) mass is 360 g/mol. The number of aryl methyl sites for hydroxylation is 4. The molecule has 0 aliphatic rings. The second-order valence-electron chi connectivity index (χ2n) is 6.87. The van der Waals surface area contributed by atoms with Crippen molar-refractivity contribution in [3.05, 3.63) is 64.9 Å². The Morgan fingerprint density at radius 3 is 2.78 bits per heavy atom. The zero-order valence-corrected chi connectivity index (χ0v) is 16.2. The van der Waals surface area contributed by atoms with Crippen LogP contribution < -0.4 is 5.32 Å². The first-order valence-electron chi connectivity index (χ1n) is 9.24. The van der Waals surface area contributed by atoms with E-state index in [1.54, 1.807) is 0 Å². The smallest absolute Gasteiger partial charge is 0.160 e. The Balaban J connectivity index is 1.78. The summed E-state index contributed by atoms with van der Waals surface area (Å²) in [6.07, 6.45) is 4.61. The Labute approximate surface area is 158 Å². The molecule has 3 heterocycles. The lowest BCUT2D eigenvalue weighted by molar-refractivity contribution is 1.02. The summed E-state index contributed by atoms with van der Waals surface area (Å²) in [7, 11) is 0. The highest BCUT2D eigenvalue weighted by atomic mass is 15.2. The Morgan fingerprint density at radius 1 is 1.19 bits per heavy atom. The molecule has 138 valence electrons. The molecule has 2 N–H and O–H groups in total. The van der Waals surface area contributed by atoms with Gasteiger partial charge < -0.3 is 9.72 Å². The summed E-state index contributed by atoms with van der Waals surface area (Å²) in [5.41, 5.74) is 9.08. The highest BCUT2D eigenvalue weighted by molar-refractivity contribution is 5.75. The number of H-pyrrole nitrogens is 1. The normalized spacial score (nSPS) is 11.3. The Hall–Kier alpha value is -3.15. The highest BCUT2D eigenvalue weighted by Gasteiger charge is 2.14. The van der Waals surface area contributed by atoms with E-state index in [0.29, 0.717) is 0 Å². The molecule has 4 rings (SSSR count). The number of aromatic amines is 1. The lowest BCUT2D eigenvalue weighted by Crippen LogP contribution is -2.06. The maximum absolute atomic E-state index is 4.77. The van der Waals surface area contributed by atoms with Gasteiger partial charge >= 0.3 is 0 Å². The second-order valence-corrected chi connectivity index (χ2v) is 6.87. The topological polar surface area (TPSA) is 70.9 Å². The summed E-state index contributed by atoms with van der Waals surface area (Å²) in [5, 5.41) is 10.5. The fourth-order valence-electron chi connectivity index (χ4n) is 3.51. The molecule has 0 spiro atoms. The average Bonchev–Trinajstić information content (AvgIpc) is 3.30. The molecule has 0 atom stereocenters. The summed E-state index contributed by atoms with van der Waals surface area (Å²) in [6.45, 7) is 9.25. The Morgan fingerprint density at radius 2 is 2.04 bits per heavy atom. The molecule has 0 amide bonds. The van der Waals surface area contributed by atoms with Gasteiger partial charge in [-0.25, -0.2) is 9.97 Å². The zero-order chi connectivity index (χ0) is 19.0. The summed E-state index contributed by atoms with van der Waals surface area (Å²) < 4.78 is 2.12. The van der Waals surface area contributed by atoms with E-state index in [1.807, 2.05) is 6.92 Å². The van der Waals surface area contributed by atoms with Gasteiger partial charge in [0.05, 0.1) is 11.4 Å². The maximum atomic E-state index is 4.77. The number of aromatic nitrogens is 5. The van der Waals surface area contributed by atoms with Crippen LogP contribution in [0, 0.1) is 20.8 Å². The van der Waals surface area contributed by atoms with Gasteiger partial charge in [0, 0.05) is 24.0 Å². The number of nitrogens with zero attached hydrogens (tertiary/aromatic N) is 4. The van der Waals surface area contributed by atoms with Crippen molar-refractivity contribution in [1.82, 2.24) is 24.6 Å². The molecule has 0 unspecified atom stereocenters. The lowest BCUT2D eigenvalue weighted by atomic mass is 10.00. The fraction of sp³-hybridized carbons (Fsp3) is 0.286. The number of fused-ring (bicyclic) bond motifs is 1. The highest BCUT2D eigenvalue weighted by Crippen LogP contribution is 2.27. The SMILES string of the molecule is CCc1cccc(C)c1CNc1cc(-c2ncn[nH]2)cn2c(C)c(C)nc12. The molecule has 0 saturated carbocycles. The lowest BCUT2D eigenvalue weighted by Gasteiger charge is -2.15. The van der Waals surface area contributed by atoms with Crippen LogP contribution in [0.1, 0.15) is 35.0 Å². The van der Waals surface area contributed by atoms with E-state index in [4.69, 9.17) is 4.98 Å². The molecule has 27 heavy (non-hydrogen) atoms. The molecule has 0 saturated heterocycles. The van der Waals surface area contributed by atoms with Crippen LogP contribution >= 0.6 is 0 Å². The zero-order valence-electron chi connectivity index (χ0n) is 16.2. The van der Waals surface area contributed by atoms with Gasteiger partial charge in [-0.2, -0.15) is 5.10 Å². The molecule has 6 heteroatoms. The molecular weight excluding hydrogens is 336 g/mol. The van der Waals surface area contributed by atoms with Crippen molar-refractivity contribution in [2.45, 2.75) is 40.7 Å². The van der Waals surface area contributed by atoms with Crippen molar-refractivity contribution in [1.29, 1.82) is 0 Å². The number of rotatable bonds is 5. The minimum absolute atomic E-state index is 0.746. The molecular formula is C21H24N6. The molecule has 6 nitrogen and oxygen atoms in total. The van der Waals surface area contributed by atoms with Gasteiger partial charge in [-0.1, -0.05) is 25.1 Å². The van der Waals surface area contributed by atoms with Crippen LogP contribution in [0.2, 0.25) is 0 Å². The first-order valence-corrected chi connectivity index (χ1v) is 9.24. The third-order valence-corrected chi connectivity index (χ3v) is 5.23. The first-order chi connectivity index (χ1) is 13.1. The van der Waals surface area contributed by atoms with E-state index in [0.717, 1.165) is 47.1 Å². The first kappa shape index (κ1) is 17.3. The number of pyridine rings is 1. The Kier molecular flexibility index (Phi) is 4.39. The molecule has 4 aromatic rings. The van der Waals surface area contributed by atoms with Crippen molar-refractivity contribution in [2.75, 3.05) is 5.32 Å². The van der Waals surface area contributed by atoms with E-state index < -0.39 is 0 Å². The fourth-order valence-corrected chi connectivity index (χ4v) is 3.51. The van der Waals surface area contributed by atoms with Gasteiger partial charge in [-0.15, -0.1) is 0 Å². The van der Waals surface area contributed by atoms with Crippen molar-refractivity contribution in [3.8, 4) is 11.4 Å². The maximum Gasteiger partial charge on any atom is 0.160 e. The number of hydrogen-bond acceptors (Lipinski definition) is 4. The molecule has 0 aliphatic heterocycles. The van der Waals surface area contributed by atoms with Crippen LogP contribution in [0.4, 0.5) is 5.69 Å². The minimum Gasteiger partial charge on any atom is -0.378 e. The number of hydrogen-bond donors (Lipinski definition) is 2. The number of benzene rings is 1. The van der Waals surface area contributed by atoms with Crippen molar-refractivity contribution in [3.63, 3.8) is 0 Å². The van der Waals surface area contributed by atoms with Crippen LogP contribution in [0.3, 0.4) is 0 Å². The van der Waals surface area contributed by atoms with Gasteiger partial charge in [0.15, 0.2) is 11.5 Å². The molecule has 1 aromatic carbocycles. The Bertz CT molecular complexity index is 1090. The predicted molar refractivity (Wildman–Crippen MR) is 108 cm³/mol.